The molecule has 4 nitrogen and oxygen atoms in total. The molecule has 0 radical (unpaired) electrons. The van der Waals surface area contributed by atoms with E-state index in [2.05, 4.69) is 24.0 Å². The van der Waals surface area contributed by atoms with E-state index in [-0.39, 0.29) is 12.0 Å². The quantitative estimate of drug-likeness (QED) is 0.869. The number of benzene rings is 1. The Morgan fingerprint density at radius 3 is 2.48 bits per heavy atom. The Labute approximate surface area is 126 Å². The number of esters is 1. The summed E-state index contributed by atoms with van der Waals surface area (Å²) in [6, 6.07) is 10.3. The molecule has 0 saturated carbocycles. The van der Waals surface area contributed by atoms with Gasteiger partial charge < -0.3 is 9.84 Å². The van der Waals surface area contributed by atoms with Crippen LogP contribution in [0.2, 0.25) is 0 Å². The molecule has 0 aromatic heterocycles. The lowest BCUT2D eigenvalue weighted by Crippen LogP contribution is -2.34. The topological polar surface area (TPSA) is 49.8 Å². The van der Waals surface area contributed by atoms with Crippen molar-refractivity contribution in [3.05, 3.63) is 35.9 Å². The lowest BCUT2D eigenvalue weighted by Gasteiger charge is -2.25. The Bertz CT molecular complexity index is 481. The number of hydrogen-bond acceptors (Lipinski definition) is 4. The average Bonchev–Trinajstić information content (AvgIpc) is 2.79. The molecule has 0 amide bonds. The van der Waals surface area contributed by atoms with E-state index in [1.807, 2.05) is 39.0 Å². The number of hydrogen-bond donors (Lipinski definition) is 1. The van der Waals surface area contributed by atoms with Crippen LogP contribution in [0.15, 0.2) is 30.3 Å². The molecular weight excluding hydrogens is 266 g/mol. The minimum absolute atomic E-state index is 0.174. The zero-order chi connectivity index (χ0) is 15.6. The summed E-state index contributed by atoms with van der Waals surface area (Å²) in [5.74, 6) is -0.770. The molecule has 1 unspecified atom stereocenters. The Balaban J connectivity index is 2.02. The number of likely N-dealkylation sites (tertiary alicyclic amines) is 1. The highest BCUT2D eigenvalue weighted by Crippen LogP contribution is 2.29. The molecule has 4 heteroatoms. The number of rotatable bonds is 3. The molecule has 3 atom stereocenters. The van der Waals surface area contributed by atoms with Crippen molar-refractivity contribution >= 4 is 5.97 Å². The van der Waals surface area contributed by atoms with E-state index in [1.54, 1.807) is 0 Å². The fraction of sp³-hybridized carbons (Fsp3) is 0.588. The second-order valence-electron chi connectivity index (χ2n) is 6.75. The van der Waals surface area contributed by atoms with Gasteiger partial charge in [-0.25, -0.2) is 0 Å². The molecule has 116 valence electrons. The first-order valence-corrected chi connectivity index (χ1v) is 7.48. The molecule has 0 spiro atoms. The standard InChI is InChI=1S/C17H25NO3/c1-12(13-8-6-5-7-9-13)18-10-14(15(19)11-18)16(20)21-17(2,3)4/h5-9,12,14-15,19H,10-11H2,1-4H3/t12-,14+,15?/m1/s1. The van der Waals surface area contributed by atoms with Gasteiger partial charge in [-0.3, -0.25) is 9.69 Å². The molecule has 1 aromatic carbocycles. The van der Waals surface area contributed by atoms with Crippen LogP contribution in [-0.4, -0.2) is 40.8 Å². The number of carbonyl (C=O) groups excluding carboxylic acids is 1. The largest absolute Gasteiger partial charge is 0.460 e. The van der Waals surface area contributed by atoms with Gasteiger partial charge in [0.1, 0.15) is 5.60 Å². The van der Waals surface area contributed by atoms with Crippen LogP contribution in [0.1, 0.15) is 39.3 Å². The smallest absolute Gasteiger partial charge is 0.313 e. The maximum absolute atomic E-state index is 12.2. The Hall–Kier alpha value is -1.39. The summed E-state index contributed by atoms with van der Waals surface area (Å²) in [5, 5.41) is 10.2. The summed E-state index contributed by atoms with van der Waals surface area (Å²) in [6.45, 7) is 8.66. The zero-order valence-electron chi connectivity index (χ0n) is 13.2. The zero-order valence-corrected chi connectivity index (χ0v) is 13.2. The molecule has 1 aliphatic heterocycles. The molecular formula is C17H25NO3. The van der Waals surface area contributed by atoms with Crippen LogP contribution >= 0.6 is 0 Å². The number of ether oxygens (including phenoxy) is 1. The number of nitrogens with zero attached hydrogens (tertiary/aromatic N) is 1. The third-order valence-corrected chi connectivity index (χ3v) is 3.86. The Kier molecular flexibility index (Phi) is 4.69. The van der Waals surface area contributed by atoms with E-state index in [0.717, 1.165) is 0 Å². The first-order valence-electron chi connectivity index (χ1n) is 7.48. The summed E-state index contributed by atoms with van der Waals surface area (Å²) in [5.41, 5.74) is 0.671. The number of carbonyl (C=O) groups is 1. The summed E-state index contributed by atoms with van der Waals surface area (Å²) in [6.07, 6.45) is -0.661. The second-order valence-corrected chi connectivity index (χ2v) is 6.75. The molecule has 2 rings (SSSR count). The average molecular weight is 291 g/mol. The highest BCUT2D eigenvalue weighted by Gasteiger charge is 2.40. The van der Waals surface area contributed by atoms with Gasteiger partial charge >= 0.3 is 5.97 Å². The normalized spacial score (nSPS) is 24.8. The first-order chi connectivity index (χ1) is 9.78. The fourth-order valence-corrected chi connectivity index (χ4v) is 2.68. The van der Waals surface area contributed by atoms with Gasteiger partial charge in [0, 0.05) is 19.1 Å². The van der Waals surface area contributed by atoms with Crippen LogP contribution in [0, 0.1) is 5.92 Å². The van der Waals surface area contributed by atoms with Gasteiger partial charge in [-0.15, -0.1) is 0 Å². The third kappa shape index (κ3) is 4.05. The summed E-state index contributed by atoms with van der Waals surface area (Å²) >= 11 is 0. The summed E-state index contributed by atoms with van der Waals surface area (Å²) in [7, 11) is 0. The van der Waals surface area contributed by atoms with Gasteiger partial charge in [0.2, 0.25) is 0 Å². The predicted molar refractivity (Wildman–Crippen MR) is 81.8 cm³/mol. The maximum atomic E-state index is 12.2. The lowest BCUT2D eigenvalue weighted by atomic mass is 10.1. The van der Waals surface area contributed by atoms with E-state index in [4.69, 9.17) is 4.74 Å². The van der Waals surface area contributed by atoms with Gasteiger partial charge in [0.25, 0.3) is 0 Å². The van der Waals surface area contributed by atoms with E-state index in [1.165, 1.54) is 5.56 Å². The molecule has 1 N–H and O–H groups in total. The lowest BCUT2D eigenvalue weighted by molar-refractivity contribution is -0.162. The van der Waals surface area contributed by atoms with Crippen molar-refractivity contribution in [2.45, 2.75) is 45.4 Å². The van der Waals surface area contributed by atoms with E-state index >= 15 is 0 Å². The van der Waals surface area contributed by atoms with Crippen molar-refractivity contribution in [3.63, 3.8) is 0 Å². The van der Waals surface area contributed by atoms with Crippen molar-refractivity contribution in [2.24, 2.45) is 5.92 Å². The summed E-state index contributed by atoms with van der Waals surface area (Å²) < 4.78 is 5.40. The van der Waals surface area contributed by atoms with Crippen LogP contribution in [0.25, 0.3) is 0 Å². The third-order valence-electron chi connectivity index (χ3n) is 3.86. The second kappa shape index (κ2) is 6.16. The van der Waals surface area contributed by atoms with Gasteiger partial charge in [-0.1, -0.05) is 30.3 Å². The number of β-amino-alcohol motifs (C(OH)–C–C–N with tert-alkyl or cyclic N) is 1. The van der Waals surface area contributed by atoms with E-state index in [9.17, 15) is 9.90 Å². The molecule has 1 heterocycles. The predicted octanol–water partition coefficient (Wildman–Crippen LogP) is 2.38. The summed E-state index contributed by atoms with van der Waals surface area (Å²) in [4.78, 5) is 14.3. The van der Waals surface area contributed by atoms with Crippen molar-refractivity contribution in [1.82, 2.24) is 4.90 Å². The van der Waals surface area contributed by atoms with Gasteiger partial charge in [-0.05, 0) is 33.3 Å². The van der Waals surface area contributed by atoms with Crippen molar-refractivity contribution < 1.29 is 14.6 Å². The SMILES string of the molecule is C[C@H](c1ccccc1)N1CC(O)[C@@H](C(=O)OC(C)(C)C)C1. The maximum Gasteiger partial charge on any atom is 0.313 e. The molecule has 0 aliphatic carbocycles. The van der Waals surface area contributed by atoms with Crippen LogP contribution in [-0.2, 0) is 9.53 Å². The van der Waals surface area contributed by atoms with Crippen molar-refractivity contribution in [2.75, 3.05) is 13.1 Å². The fourth-order valence-electron chi connectivity index (χ4n) is 2.68. The van der Waals surface area contributed by atoms with E-state index < -0.39 is 17.6 Å². The molecule has 1 aromatic rings. The number of aliphatic hydroxyl groups is 1. The van der Waals surface area contributed by atoms with Crippen molar-refractivity contribution in [3.8, 4) is 0 Å². The Morgan fingerprint density at radius 2 is 1.90 bits per heavy atom. The monoisotopic (exact) mass is 291 g/mol. The molecule has 21 heavy (non-hydrogen) atoms. The molecule has 0 bridgehead atoms. The first kappa shape index (κ1) is 16.0. The van der Waals surface area contributed by atoms with Crippen LogP contribution < -0.4 is 0 Å². The highest BCUT2D eigenvalue weighted by molar-refractivity contribution is 5.74. The van der Waals surface area contributed by atoms with Gasteiger partial charge in [-0.2, -0.15) is 0 Å². The Morgan fingerprint density at radius 1 is 1.29 bits per heavy atom. The minimum atomic E-state index is -0.661. The molecule has 1 aliphatic rings. The molecule has 1 saturated heterocycles. The van der Waals surface area contributed by atoms with Gasteiger partial charge in [0.05, 0.1) is 12.0 Å². The highest BCUT2D eigenvalue weighted by atomic mass is 16.6. The van der Waals surface area contributed by atoms with Crippen LogP contribution in [0.3, 0.4) is 0 Å². The minimum Gasteiger partial charge on any atom is -0.460 e. The van der Waals surface area contributed by atoms with Gasteiger partial charge in [0.15, 0.2) is 0 Å². The van der Waals surface area contributed by atoms with Crippen LogP contribution in [0.4, 0.5) is 0 Å². The van der Waals surface area contributed by atoms with E-state index in [0.29, 0.717) is 13.1 Å². The van der Waals surface area contributed by atoms with Crippen LogP contribution in [0.5, 0.6) is 0 Å². The number of aliphatic hydroxyl groups excluding tert-OH is 1. The molecule has 1 fully saturated rings. The van der Waals surface area contributed by atoms with Crippen molar-refractivity contribution in [1.29, 1.82) is 0 Å².